The number of aromatic nitrogens is 1. The number of thiophene rings is 1. The van der Waals surface area contributed by atoms with E-state index in [1.165, 1.54) is 17.5 Å². The summed E-state index contributed by atoms with van der Waals surface area (Å²) in [6.07, 6.45) is -2.00. The standard InChI is InChI=1S/C11H9F3N2S/c12-11(13,14)10-1-2-16-5-9(10)7-3-8(4-15)17-6-7/h1-3,5-6H,4,15H2. The zero-order valence-corrected chi connectivity index (χ0v) is 9.48. The zero-order chi connectivity index (χ0) is 12.5. The predicted octanol–water partition coefficient (Wildman–Crippen LogP) is 3.29. The van der Waals surface area contributed by atoms with Crippen molar-refractivity contribution in [1.29, 1.82) is 0 Å². The van der Waals surface area contributed by atoms with Gasteiger partial charge in [-0.1, -0.05) is 0 Å². The van der Waals surface area contributed by atoms with E-state index < -0.39 is 11.7 Å². The maximum absolute atomic E-state index is 12.8. The van der Waals surface area contributed by atoms with Gasteiger partial charge in [0.2, 0.25) is 0 Å². The fourth-order valence-electron chi connectivity index (χ4n) is 1.50. The van der Waals surface area contributed by atoms with Crippen molar-refractivity contribution < 1.29 is 13.2 Å². The summed E-state index contributed by atoms with van der Waals surface area (Å²) in [6.45, 7) is 0.326. The van der Waals surface area contributed by atoms with Crippen LogP contribution in [0.1, 0.15) is 10.4 Å². The predicted molar refractivity (Wildman–Crippen MR) is 60.4 cm³/mol. The summed E-state index contributed by atoms with van der Waals surface area (Å²) < 4.78 is 38.3. The van der Waals surface area contributed by atoms with Crippen molar-refractivity contribution in [1.82, 2.24) is 4.98 Å². The molecule has 0 aliphatic heterocycles. The van der Waals surface area contributed by atoms with Crippen LogP contribution in [0.25, 0.3) is 11.1 Å². The summed E-state index contributed by atoms with van der Waals surface area (Å²) in [5, 5.41) is 1.66. The van der Waals surface area contributed by atoms with Crippen LogP contribution in [0, 0.1) is 0 Å². The first-order chi connectivity index (χ1) is 8.02. The third-order valence-corrected chi connectivity index (χ3v) is 3.25. The summed E-state index contributed by atoms with van der Waals surface area (Å²) in [4.78, 5) is 4.59. The van der Waals surface area contributed by atoms with E-state index in [4.69, 9.17) is 5.73 Å². The molecule has 0 aromatic carbocycles. The van der Waals surface area contributed by atoms with E-state index in [2.05, 4.69) is 4.98 Å². The van der Waals surface area contributed by atoms with Crippen LogP contribution in [0.2, 0.25) is 0 Å². The molecular weight excluding hydrogens is 249 g/mol. The molecule has 6 heteroatoms. The van der Waals surface area contributed by atoms with Gasteiger partial charge in [-0.25, -0.2) is 0 Å². The summed E-state index contributed by atoms with van der Waals surface area (Å²) in [6, 6.07) is 2.64. The van der Waals surface area contributed by atoms with Gasteiger partial charge >= 0.3 is 6.18 Å². The molecule has 0 bridgehead atoms. The fourth-order valence-corrected chi connectivity index (χ4v) is 2.27. The first kappa shape index (κ1) is 12.1. The molecule has 0 saturated carbocycles. The van der Waals surface area contributed by atoms with Crippen molar-refractivity contribution >= 4 is 11.3 Å². The molecule has 0 aliphatic carbocycles. The lowest BCUT2D eigenvalue weighted by molar-refractivity contribution is -0.137. The van der Waals surface area contributed by atoms with Crippen molar-refractivity contribution in [3.05, 3.63) is 40.3 Å². The van der Waals surface area contributed by atoms with Gasteiger partial charge in [-0.05, 0) is 23.1 Å². The van der Waals surface area contributed by atoms with Crippen LogP contribution in [0.15, 0.2) is 29.9 Å². The fraction of sp³-hybridized carbons (Fsp3) is 0.182. The Morgan fingerprint density at radius 2 is 2.12 bits per heavy atom. The number of hydrogen-bond donors (Lipinski definition) is 1. The van der Waals surface area contributed by atoms with Crippen molar-refractivity contribution in [2.24, 2.45) is 5.73 Å². The second kappa shape index (κ2) is 4.46. The van der Waals surface area contributed by atoms with Crippen molar-refractivity contribution in [3.8, 4) is 11.1 Å². The highest BCUT2D eigenvalue weighted by molar-refractivity contribution is 7.10. The van der Waals surface area contributed by atoms with Crippen molar-refractivity contribution in [3.63, 3.8) is 0 Å². The van der Waals surface area contributed by atoms with Gasteiger partial charge < -0.3 is 5.73 Å². The van der Waals surface area contributed by atoms with E-state index in [0.29, 0.717) is 12.1 Å². The molecule has 90 valence electrons. The number of hydrogen-bond acceptors (Lipinski definition) is 3. The van der Waals surface area contributed by atoms with E-state index in [9.17, 15) is 13.2 Å². The minimum atomic E-state index is -4.37. The molecule has 0 saturated heterocycles. The van der Waals surface area contributed by atoms with Crippen molar-refractivity contribution in [2.45, 2.75) is 12.7 Å². The number of alkyl halides is 3. The molecule has 2 rings (SSSR count). The van der Waals surface area contributed by atoms with Crippen LogP contribution >= 0.6 is 11.3 Å². The Bertz CT molecular complexity index is 519. The van der Waals surface area contributed by atoms with Crippen LogP contribution in [-0.4, -0.2) is 4.98 Å². The van der Waals surface area contributed by atoms with Crippen LogP contribution in [-0.2, 0) is 12.7 Å². The van der Waals surface area contributed by atoms with E-state index in [-0.39, 0.29) is 5.56 Å². The lowest BCUT2D eigenvalue weighted by atomic mass is 10.0. The third kappa shape index (κ3) is 2.48. The molecule has 2 aromatic rings. The third-order valence-electron chi connectivity index (χ3n) is 2.29. The molecule has 0 spiro atoms. The van der Waals surface area contributed by atoms with E-state index >= 15 is 0 Å². The van der Waals surface area contributed by atoms with Gasteiger partial charge in [0.05, 0.1) is 5.56 Å². The average Bonchev–Trinajstić information content (AvgIpc) is 2.76. The zero-order valence-electron chi connectivity index (χ0n) is 8.66. The van der Waals surface area contributed by atoms with Gasteiger partial charge in [0, 0.05) is 29.4 Å². The topological polar surface area (TPSA) is 38.9 Å². The van der Waals surface area contributed by atoms with E-state index in [0.717, 1.165) is 17.1 Å². The van der Waals surface area contributed by atoms with E-state index in [1.807, 2.05) is 0 Å². The van der Waals surface area contributed by atoms with Gasteiger partial charge in [-0.3, -0.25) is 4.98 Å². The average molecular weight is 258 g/mol. The first-order valence-corrected chi connectivity index (χ1v) is 5.69. The molecule has 0 atom stereocenters. The minimum Gasteiger partial charge on any atom is -0.326 e. The molecule has 0 amide bonds. The minimum absolute atomic E-state index is 0.0935. The Balaban J connectivity index is 2.52. The Kier molecular flexibility index (Phi) is 3.17. The Hall–Kier alpha value is -1.40. The lowest BCUT2D eigenvalue weighted by Gasteiger charge is -2.10. The van der Waals surface area contributed by atoms with Gasteiger partial charge in [0.1, 0.15) is 0 Å². The van der Waals surface area contributed by atoms with Crippen LogP contribution in [0.3, 0.4) is 0 Å². The second-order valence-corrected chi connectivity index (χ2v) is 4.42. The normalized spacial score (nSPS) is 11.8. The monoisotopic (exact) mass is 258 g/mol. The second-order valence-electron chi connectivity index (χ2n) is 3.42. The summed E-state index contributed by atoms with van der Waals surface area (Å²) in [5.41, 5.74) is 5.37. The van der Waals surface area contributed by atoms with Crippen LogP contribution < -0.4 is 5.73 Å². The first-order valence-electron chi connectivity index (χ1n) is 4.81. The summed E-state index contributed by atoms with van der Waals surface area (Å²) in [7, 11) is 0. The molecule has 0 unspecified atom stereocenters. The number of pyridine rings is 1. The smallest absolute Gasteiger partial charge is 0.326 e. The van der Waals surface area contributed by atoms with Crippen molar-refractivity contribution in [2.75, 3.05) is 0 Å². The molecule has 2 N–H and O–H groups in total. The van der Waals surface area contributed by atoms with Gasteiger partial charge in [-0.15, -0.1) is 11.3 Å². The maximum atomic E-state index is 12.8. The maximum Gasteiger partial charge on any atom is 0.417 e. The van der Waals surface area contributed by atoms with Gasteiger partial charge in [0.15, 0.2) is 0 Å². The number of halogens is 3. The lowest BCUT2D eigenvalue weighted by Crippen LogP contribution is -2.07. The quantitative estimate of drug-likeness (QED) is 0.897. The van der Waals surface area contributed by atoms with Crippen LogP contribution in [0.4, 0.5) is 13.2 Å². The summed E-state index contributed by atoms with van der Waals surface area (Å²) in [5.74, 6) is 0. The van der Waals surface area contributed by atoms with Crippen LogP contribution in [0.5, 0.6) is 0 Å². The van der Waals surface area contributed by atoms with Gasteiger partial charge in [-0.2, -0.15) is 13.2 Å². The van der Waals surface area contributed by atoms with Gasteiger partial charge in [0.25, 0.3) is 0 Å². The Labute approximate surface area is 99.9 Å². The Morgan fingerprint density at radius 3 is 2.71 bits per heavy atom. The highest BCUT2D eigenvalue weighted by atomic mass is 32.1. The summed E-state index contributed by atoms with van der Waals surface area (Å²) >= 11 is 1.34. The number of nitrogens with zero attached hydrogens (tertiary/aromatic N) is 1. The molecule has 0 radical (unpaired) electrons. The molecular formula is C11H9F3N2S. The molecule has 2 aromatic heterocycles. The highest BCUT2D eigenvalue weighted by Crippen LogP contribution is 2.37. The molecule has 0 fully saturated rings. The Morgan fingerprint density at radius 1 is 1.35 bits per heavy atom. The molecule has 17 heavy (non-hydrogen) atoms. The number of rotatable bonds is 2. The SMILES string of the molecule is NCc1cc(-c2cnccc2C(F)(F)F)cs1. The largest absolute Gasteiger partial charge is 0.417 e. The molecule has 0 aliphatic rings. The molecule has 2 heterocycles. The van der Waals surface area contributed by atoms with E-state index in [1.54, 1.807) is 11.4 Å². The number of nitrogens with two attached hydrogens (primary N) is 1. The highest BCUT2D eigenvalue weighted by Gasteiger charge is 2.33. The molecule has 2 nitrogen and oxygen atoms in total.